The van der Waals surface area contributed by atoms with Crippen molar-refractivity contribution in [2.24, 2.45) is 0 Å². The van der Waals surface area contributed by atoms with Crippen molar-refractivity contribution in [2.45, 2.75) is 48.5 Å². The van der Waals surface area contributed by atoms with Crippen LogP contribution >= 0.6 is 0 Å². The van der Waals surface area contributed by atoms with Crippen LogP contribution in [0.2, 0.25) is 0 Å². The second kappa shape index (κ2) is 85.2. The molecule has 0 spiro atoms. The minimum atomic E-state index is -1.08. The first-order chi connectivity index (χ1) is 12.1. The Morgan fingerprint density at radius 3 is 0.400 bits per heavy atom. The van der Waals surface area contributed by atoms with E-state index in [-0.39, 0.29) is 80.3 Å². The van der Waals surface area contributed by atoms with E-state index in [1.807, 2.05) is 0 Å². The second-order valence-corrected chi connectivity index (χ2v) is 3.61. The van der Waals surface area contributed by atoms with Crippen LogP contribution in [0.4, 0.5) is 0 Å². The average Bonchev–Trinajstić information content (AvgIpc) is 2.20. The molecule has 0 atom stereocenters. The van der Waals surface area contributed by atoms with Gasteiger partial charge < -0.3 is 62.4 Å². The Kier molecular flexibility index (Phi) is 228. The molecule has 0 aliphatic heterocycles. The fourth-order valence-electron chi connectivity index (χ4n) is 0. The normalized spacial score (nSPS) is 5.00. The monoisotopic (exact) mass is 800 g/mol. The molecule has 18 nitrogen and oxygen atoms in total. The molecule has 0 amide bonds. The van der Waals surface area contributed by atoms with Crippen molar-refractivity contribution in [1.82, 2.24) is 0 Å². The van der Waals surface area contributed by atoms with E-state index in [0.717, 1.165) is 48.5 Å². The van der Waals surface area contributed by atoms with Gasteiger partial charge in [0.2, 0.25) is 0 Å². The molecular formula is C14H38O18Ru3+2. The van der Waals surface area contributed by atoms with Gasteiger partial charge >= 0.3 is 0 Å². The third-order valence-electron chi connectivity index (χ3n) is 0. The number of carbonyl (C=O) groups is 7. The number of rotatable bonds is 0. The van der Waals surface area contributed by atoms with Crippen LogP contribution in [0.5, 0.6) is 0 Å². The SMILES string of the molecule is CC(=O)O.CC(=O)O.CC(=O)O.CC(=O)O.CC(=O)O.CC(=O)O.CC(=O)[O-].O.[OH3+].[OH3+].[OH3+].[Ru].[Ru].[Ru]. The van der Waals surface area contributed by atoms with E-state index in [4.69, 9.17) is 69.3 Å². The molecule has 17 N–H and O–H groups in total. The number of carbonyl (C=O) groups excluding carboxylic acids is 1. The zero-order valence-corrected chi connectivity index (χ0v) is 25.0. The fraction of sp³-hybridized carbons (Fsp3) is 0.500. The maximum absolute atomic E-state index is 9.00. The topological polar surface area (TPSA) is 394 Å². The van der Waals surface area contributed by atoms with Crippen molar-refractivity contribution in [3.8, 4) is 0 Å². The smallest absolute Gasteiger partial charge is 0.300 e. The van der Waals surface area contributed by atoms with Crippen LogP contribution in [0.1, 0.15) is 48.5 Å². The van der Waals surface area contributed by atoms with Gasteiger partial charge in [-0.15, -0.1) is 0 Å². The Morgan fingerprint density at radius 2 is 0.400 bits per heavy atom. The maximum atomic E-state index is 9.00. The Morgan fingerprint density at radius 1 is 0.400 bits per heavy atom. The van der Waals surface area contributed by atoms with Crippen LogP contribution in [0.25, 0.3) is 0 Å². The van der Waals surface area contributed by atoms with Gasteiger partial charge in [-0.25, -0.2) is 0 Å². The first-order valence-corrected chi connectivity index (χ1v) is 6.47. The van der Waals surface area contributed by atoms with Crippen LogP contribution in [-0.2, 0) is 108 Å². The molecule has 0 aliphatic carbocycles. The largest absolute Gasteiger partial charge is 0.550 e. The summed E-state index contributed by atoms with van der Waals surface area (Å²) in [4.78, 5) is 62.9. The van der Waals surface area contributed by atoms with Gasteiger partial charge in [-0.05, 0) is 6.92 Å². The summed E-state index contributed by atoms with van der Waals surface area (Å²) in [6, 6.07) is 0. The minimum Gasteiger partial charge on any atom is -0.550 e. The first kappa shape index (κ1) is 93.6. The summed E-state index contributed by atoms with van der Waals surface area (Å²) in [5, 5.41) is 53.4. The molecule has 0 aromatic heterocycles. The summed E-state index contributed by atoms with van der Waals surface area (Å²) in [7, 11) is 0. The van der Waals surface area contributed by atoms with E-state index in [2.05, 4.69) is 0 Å². The molecule has 224 valence electrons. The third-order valence-corrected chi connectivity index (χ3v) is 0. The van der Waals surface area contributed by atoms with Crippen LogP contribution in [0.3, 0.4) is 0 Å². The van der Waals surface area contributed by atoms with Crippen LogP contribution in [0.15, 0.2) is 0 Å². The summed E-state index contributed by atoms with van der Waals surface area (Å²) in [5.41, 5.74) is 0. The van der Waals surface area contributed by atoms with Crippen molar-refractivity contribution < 1.29 is 150 Å². The molecular weight excluding hydrogens is 759 g/mol. The van der Waals surface area contributed by atoms with E-state index in [9.17, 15) is 0 Å². The molecule has 0 heterocycles. The zero-order chi connectivity index (χ0) is 25.0. The maximum Gasteiger partial charge on any atom is 0.300 e. The molecule has 0 fully saturated rings. The molecule has 35 heavy (non-hydrogen) atoms. The van der Waals surface area contributed by atoms with Crippen molar-refractivity contribution in [1.29, 1.82) is 0 Å². The first-order valence-electron chi connectivity index (χ1n) is 6.47. The van der Waals surface area contributed by atoms with Gasteiger partial charge in [0.05, 0.1) is 0 Å². The molecule has 0 saturated heterocycles. The number of hydrogen-bond acceptors (Lipinski definition) is 8. The molecule has 0 rings (SSSR count). The van der Waals surface area contributed by atoms with Crippen LogP contribution in [0, 0.1) is 0 Å². The van der Waals surface area contributed by atoms with E-state index in [1.165, 1.54) is 0 Å². The number of hydrogen-bond donors (Lipinski definition) is 6. The third kappa shape index (κ3) is 7200. The van der Waals surface area contributed by atoms with Gasteiger partial charge in [0, 0.05) is 106 Å². The van der Waals surface area contributed by atoms with Crippen molar-refractivity contribution in [3.63, 3.8) is 0 Å². The van der Waals surface area contributed by atoms with Gasteiger partial charge in [0.1, 0.15) is 0 Å². The number of carboxylic acid groups (broad SMARTS) is 7. The fourth-order valence-corrected chi connectivity index (χ4v) is 0. The summed E-state index contributed by atoms with van der Waals surface area (Å²) in [6.45, 7) is 7.47. The van der Waals surface area contributed by atoms with Gasteiger partial charge in [0.15, 0.2) is 0 Å². The Hall–Kier alpha value is -2.00. The van der Waals surface area contributed by atoms with Gasteiger partial charge in [-0.1, -0.05) is 0 Å². The molecule has 0 bridgehead atoms. The predicted molar refractivity (Wildman–Crippen MR) is 109 cm³/mol. The van der Waals surface area contributed by atoms with Gasteiger partial charge in [-0.2, -0.15) is 0 Å². The molecule has 0 radical (unpaired) electrons. The molecule has 0 aliphatic rings. The number of carboxylic acids is 7. The predicted octanol–water partition coefficient (Wildman–Crippen LogP) is -4.30. The summed E-state index contributed by atoms with van der Waals surface area (Å²) >= 11 is 0. The Bertz CT molecular complexity index is 325. The molecule has 0 aromatic rings. The number of aliphatic carboxylic acids is 7. The zero-order valence-electron chi connectivity index (χ0n) is 19.7. The Balaban J connectivity index is -0.0000000119. The van der Waals surface area contributed by atoms with Crippen molar-refractivity contribution in [2.75, 3.05) is 0 Å². The van der Waals surface area contributed by atoms with Gasteiger partial charge in [-0.3, -0.25) is 28.8 Å². The summed E-state index contributed by atoms with van der Waals surface area (Å²) in [5.74, 6) is -6.08. The summed E-state index contributed by atoms with van der Waals surface area (Å²) < 4.78 is 0. The van der Waals surface area contributed by atoms with E-state index >= 15 is 0 Å². The summed E-state index contributed by atoms with van der Waals surface area (Å²) in [6.07, 6.45) is 0. The molecule has 21 heteroatoms. The van der Waals surface area contributed by atoms with Gasteiger partial charge in [0.25, 0.3) is 35.8 Å². The van der Waals surface area contributed by atoms with E-state index in [0.29, 0.717) is 0 Å². The average molecular weight is 798 g/mol. The molecule has 0 saturated carbocycles. The minimum absolute atomic E-state index is 0. The molecule has 0 unspecified atom stereocenters. The van der Waals surface area contributed by atoms with Crippen LogP contribution in [-0.4, -0.2) is 77.9 Å². The second-order valence-electron chi connectivity index (χ2n) is 3.61. The van der Waals surface area contributed by atoms with Crippen LogP contribution < -0.4 is 5.11 Å². The Labute approximate surface area is 239 Å². The standard InChI is InChI=1S/7C2H4O2.4H2O.3Ru/c7*1-2(3)4;;;;;;;/h7*1H3,(H,3,4);4*1H2;;;/p+2. The van der Waals surface area contributed by atoms with E-state index in [1.54, 1.807) is 0 Å². The molecule has 0 aromatic carbocycles. The quantitative estimate of drug-likeness (QED) is 0.0998. The van der Waals surface area contributed by atoms with Crippen molar-refractivity contribution >= 4 is 41.8 Å². The van der Waals surface area contributed by atoms with Crippen molar-refractivity contribution in [3.05, 3.63) is 0 Å². The van der Waals surface area contributed by atoms with E-state index < -0.39 is 41.8 Å².